The fraction of sp³-hybridized carbons (Fsp3) is 0.588. The second-order valence-corrected chi connectivity index (χ2v) is 6.25. The summed E-state index contributed by atoms with van der Waals surface area (Å²) in [6, 6.07) is 6.15. The average molecular weight is 301 g/mol. The molecule has 0 spiro atoms. The molecule has 1 N–H and O–H groups in total. The summed E-state index contributed by atoms with van der Waals surface area (Å²) in [5.41, 5.74) is 0.970. The van der Waals surface area contributed by atoms with Crippen molar-refractivity contribution in [1.82, 2.24) is 15.2 Å². The zero-order valence-corrected chi connectivity index (χ0v) is 12.8. The summed E-state index contributed by atoms with van der Waals surface area (Å²) in [4.78, 5) is 30.5. The van der Waals surface area contributed by atoms with Gasteiger partial charge in [-0.15, -0.1) is 0 Å². The largest absolute Gasteiger partial charge is 0.355 e. The van der Waals surface area contributed by atoms with E-state index in [0.717, 1.165) is 25.0 Å². The lowest BCUT2D eigenvalue weighted by Crippen LogP contribution is -2.37. The number of nitrogens with zero attached hydrogens (tertiary/aromatic N) is 2. The molecule has 1 unspecified atom stereocenters. The zero-order valence-electron chi connectivity index (χ0n) is 12.8. The number of rotatable bonds is 5. The van der Waals surface area contributed by atoms with Crippen LogP contribution in [0.4, 0.5) is 0 Å². The Kier molecular flexibility index (Phi) is 4.71. The molecular weight excluding hydrogens is 278 g/mol. The molecule has 22 heavy (non-hydrogen) atoms. The van der Waals surface area contributed by atoms with Crippen LogP contribution in [0.1, 0.15) is 37.8 Å². The van der Waals surface area contributed by atoms with Crippen LogP contribution in [-0.4, -0.2) is 40.8 Å². The number of likely N-dealkylation sites (tertiary alicyclic amines) is 1. The van der Waals surface area contributed by atoms with Crippen molar-refractivity contribution in [3.63, 3.8) is 0 Å². The lowest BCUT2D eigenvalue weighted by atomic mass is 10.1. The van der Waals surface area contributed by atoms with Gasteiger partial charge in [0.15, 0.2) is 0 Å². The van der Waals surface area contributed by atoms with E-state index in [1.54, 1.807) is 6.20 Å². The van der Waals surface area contributed by atoms with Crippen molar-refractivity contribution >= 4 is 11.8 Å². The molecule has 1 aliphatic carbocycles. The van der Waals surface area contributed by atoms with Crippen LogP contribution in [0.3, 0.4) is 0 Å². The summed E-state index contributed by atoms with van der Waals surface area (Å²) in [6.45, 7) is 1.17. The van der Waals surface area contributed by atoms with E-state index in [4.69, 9.17) is 0 Å². The van der Waals surface area contributed by atoms with E-state index < -0.39 is 0 Å². The Hall–Kier alpha value is -1.91. The smallest absolute Gasteiger partial charge is 0.225 e. The molecule has 1 saturated carbocycles. The first kappa shape index (κ1) is 15.0. The average Bonchev–Trinajstić information content (AvgIpc) is 3.17. The van der Waals surface area contributed by atoms with Gasteiger partial charge in [-0.2, -0.15) is 0 Å². The summed E-state index contributed by atoms with van der Waals surface area (Å²) in [7, 11) is 0. The second-order valence-electron chi connectivity index (χ2n) is 6.25. The van der Waals surface area contributed by atoms with Crippen LogP contribution < -0.4 is 5.32 Å². The van der Waals surface area contributed by atoms with Crippen molar-refractivity contribution in [2.24, 2.45) is 5.92 Å². The van der Waals surface area contributed by atoms with Gasteiger partial charge in [0.25, 0.3) is 0 Å². The van der Waals surface area contributed by atoms with Crippen molar-refractivity contribution in [2.75, 3.05) is 13.1 Å². The highest BCUT2D eigenvalue weighted by atomic mass is 16.2. The summed E-state index contributed by atoms with van der Waals surface area (Å²) < 4.78 is 0. The quantitative estimate of drug-likeness (QED) is 0.897. The van der Waals surface area contributed by atoms with Gasteiger partial charge in [-0.3, -0.25) is 14.6 Å². The number of hydrogen-bond acceptors (Lipinski definition) is 3. The molecule has 2 heterocycles. The molecule has 1 aliphatic heterocycles. The molecule has 2 aliphatic rings. The van der Waals surface area contributed by atoms with Crippen molar-refractivity contribution in [3.8, 4) is 0 Å². The normalized spacial score (nSPS) is 22.3. The van der Waals surface area contributed by atoms with Crippen LogP contribution in [0, 0.1) is 5.92 Å². The number of amides is 2. The predicted octanol–water partition coefficient (Wildman–Crippen LogP) is 1.53. The van der Waals surface area contributed by atoms with E-state index in [1.807, 2.05) is 23.1 Å². The minimum absolute atomic E-state index is 0.00442. The van der Waals surface area contributed by atoms with E-state index in [-0.39, 0.29) is 17.7 Å². The molecule has 0 radical (unpaired) electrons. The van der Waals surface area contributed by atoms with Crippen molar-refractivity contribution in [2.45, 2.75) is 44.6 Å². The monoisotopic (exact) mass is 301 g/mol. The van der Waals surface area contributed by atoms with Crippen LogP contribution >= 0.6 is 0 Å². The minimum atomic E-state index is -0.183. The highest BCUT2D eigenvalue weighted by Crippen LogP contribution is 2.29. The van der Waals surface area contributed by atoms with Crippen LogP contribution in [0.5, 0.6) is 0 Å². The maximum absolute atomic E-state index is 12.2. The Morgan fingerprint density at radius 3 is 2.86 bits per heavy atom. The Labute approximate surface area is 131 Å². The minimum Gasteiger partial charge on any atom is -0.355 e. The van der Waals surface area contributed by atoms with Crippen molar-refractivity contribution in [3.05, 3.63) is 30.1 Å². The third-order valence-corrected chi connectivity index (χ3v) is 4.70. The fourth-order valence-corrected chi connectivity index (χ4v) is 3.48. The summed E-state index contributed by atoms with van der Waals surface area (Å²) in [6.07, 6.45) is 7.45. The van der Waals surface area contributed by atoms with Crippen LogP contribution in [-0.2, 0) is 16.0 Å². The van der Waals surface area contributed by atoms with Gasteiger partial charge < -0.3 is 10.2 Å². The van der Waals surface area contributed by atoms with E-state index in [9.17, 15) is 9.59 Å². The van der Waals surface area contributed by atoms with Crippen LogP contribution in [0.15, 0.2) is 24.4 Å². The predicted molar refractivity (Wildman–Crippen MR) is 83.0 cm³/mol. The topological polar surface area (TPSA) is 62.3 Å². The third-order valence-electron chi connectivity index (χ3n) is 4.70. The van der Waals surface area contributed by atoms with E-state index in [2.05, 4.69) is 10.3 Å². The molecule has 1 atom stereocenters. The number of nitrogens with one attached hydrogen (secondary N) is 1. The number of pyridine rings is 1. The van der Waals surface area contributed by atoms with Gasteiger partial charge in [-0.1, -0.05) is 18.9 Å². The molecule has 5 heteroatoms. The fourth-order valence-electron chi connectivity index (χ4n) is 3.48. The number of aromatic nitrogens is 1. The Balaban J connectivity index is 1.45. The van der Waals surface area contributed by atoms with Crippen molar-refractivity contribution < 1.29 is 9.59 Å². The first-order chi connectivity index (χ1) is 10.7. The molecule has 5 nitrogen and oxygen atoms in total. The lowest BCUT2D eigenvalue weighted by molar-refractivity contribution is -0.130. The molecular formula is C17H23N3O2. The standard InChI is InChI=1S/C17H23N3O2/c21-16-11-13(12-20(16)15-6-1-2-7-15)17(22)19-10-8-14-5-3-4-9-18-14/h3-5,9,13,15H,1-2,6-8,10-12H2,(H,19,22). The number of carbonyl (C=O) groups is 2. The van der Waals surface area contributed by atoms with Crippen LogP contribution in [0.2, 0.25) is 0 Å². The molecule has 1 aromatic heterocycles. The lowest BCUT2D eigenvalue weighted by Gasteiger charge is -2.23. The van der Waals surface area contributed by atoms with Gasteiger partial charge in [0.2, 0.25) is 11.8 Å². The zero-order chi connectivity index (χ0) is 15.4. The first-order valence-corrected chi connectivity index (χ1v) is 8.21. The Morgan fingerprint density at radius 1 is 1.32 bits per heavy atom. The molecule has 2 fully saturated rings. The number of hydrogen-bond donors (Lipinski definition) is 1. The van der Waals surface area contributed by atoms with Crippen LogP contribution in [0.25, 0.3) is 0 Å². The van der Waals surface area contributed by atoms with E-state index in [0.29, 0.717) is 25.6 Å². The third kappa shape index (κ3) is 3.46. The van der Waals surface area contributed by atoms with Gasteiger partial charge >= 0.3 is 0 Å². The molecule has 1 saturated heterocycles. The van der Waals surface area contributed by atoms with Crippen molar-refractivity contribution in [1.29, 1.82) is 0 Å². The SMILES string of the molecule is O=C(NCCc1ccccn1)C1CC(=O)N(C2CCCC2)C1. The summed E-state index contributed by atoms with van der Waals surface area (Å²) >= 11 is 0. The van der Waals surface area contributed by atoms with Gasteiger partial charge in [0, 0.05) is 43.9 Å². The maximum Gasteiger partial charge on any atom is 0.225 e. The maximum atomic E-state index is 12.2. The Bertz CT molecular complexity index is 526. The van der Waals surface area contributed by atoms with Gasteiger partial charge in [0.05, 0.1) is 5.92 Å². The summed E-state index contributed by atoms with van der Waals surface area (Å²) in [5, 5.41) is 2.95. The van der Waals surface area contributed by atoms with E-state index >= 15 is 0 Å². The molecule has 2 amide bonds. The molecule has 0 aromatic carbocycles. The Morgan fingerprint density at radius 2 is 2.14 bits per heavy atom. The van der Waals surface area contributed by atoms with Gasteiger partial charge in [-0.05, 0) is 25.0 Å². The summed E-state index contributed by atoms with van der Waals surface area (Å²) in [5.74, 6) is -0.0293. The van der Waals surface area contributed by atoms with Gasteiger partial charge in [0.1, 0.15) is 0 Å². The molecule has 3 rings (SSSR count). The second kappa shape index (κ2) is 6.90. The number of carbonyl (C=O) groups excluding carboxylic acids is 2. The highest BCUT2D eigenvalue weighted by Gasteiger charge is 2.38. The molecule has 1 aromatic rings. The highest BCUT2D eigenvalue weighted by molar-refractivity contribution is 5.89. The molecule has 118 valence electrons. The van der Waals surface area contributed by atoms with E-state index in [1.165, 1.54) is 12.8 Å². The van der Waals surface area contributed by atoms with Gasteiger partial charge in [-0.25, -0.2) is 0 Å². The molecule has 0 bridgehead atoms. The first-order valence-electron chi connectivity index (χ1n) is 8.21.